The number of benzene rings is 2. The maximum absolute atomic E-state index is 12.4. The van der Waals surface area contributed by atoms with E-state index >= 15 is 0 Å². The van der Waals surface area contributed by atoms with Crippen LogP contribution in [0.1, 0.15) is 16.7 Å². The highest BCUT2D eigenvalue weighted by Gasteiger charge is 2.07. The van der Waals surface area contributed by atoms with Crippen LogP contribution < -0.4 is 5.43 Å². The van der Waals surface area contributed by atoms with Gasteiger partial charge in [-0.05, 0) is 24.6 Å². The molecule has 2 nitrogen and oxygen atoms in total. The molecule has 0 radical (unpaired) electrons. The Hall–Kier alpha value is -2.35. The minimum atomic E-state index is 0.0637. The van der Waals surface area contributed by atoms with E-state index in [-0.39, 0.29) is 5.43 Å². The maximum atomic E-state index is 12.4. The lowest BCUT2D eigenvalue weighted by molar-refractivity contribution is 0.594. The molecule has 0 fully saturated rings. The quantitative estimate of drug-likeness (QED) is 0.694. The fourth-order valence-corrected chi connectivity index (χ4v) is 2.22. The summed E-state index contributed by atoms with van der Waals surface area (Å²) < 4.78 is 5.55. The maximum Gasteiger partial charge on any atom is 0.196 e. The Kier molecular flexibility index (Phi) is 2.92. The molecule has 3 aromatic rings. The lowest BCUT2D eigenvalue weighted by Gasteiger charge is -2.03. The molecule has 1 aromatic heterocycles. The highest BCUT2D eigenvalue weighted by Crippen LogP contribution is 2.15. The molecule has 0 saturated carbocycles. The van der Waals surface area contributed by atoms with E-state index in [9.17, 15) is 4.79 Å². The van der Waals surface area contributed by atoms with E-state index in [1.54, 1.807) is 6.26 Å². The Balaban J connectivity index is 2.10. The zero-order valence-corrected chi connectivity index (χ0v) is 10.7. The third-order valence-corrected chi connectivity index (χ3v) is 3.24. The number of rotatable bonds is 2. The molecule has 2 aromatic carbocycles. The molecule has 0 spiro atoms. The van der Waals surface area contributed by atoms with Crippen molar-refractivity contribution in [2.75, 3.05) is 0 Å². The molecule has 3 rings (SSSR count). The van der Waals surface area contributed by atoms with Gasteiger partial charge in [-0.1, -0.05) is 42.0 Å². The van der Waals surface area contributed by atoms with Crippen LogP contribution in [-0.2, 0) is 6.42 Å². The van der Waals surface area contributed by atoms with E-state index in [1.165, 1.54) is 0 Å². The number of fused-ring (bicyclic) bond motifs is 1. The van der Waals surface area contributed by atoms with Crippen molar-refractivity contribution in [1.29, 1.82) is 0 Å². The van der Waals surface area contributed by atoms with Crippen LogP contribution in [-0.4, -0.2) is 0 Å². The summed E-state index contributed by atoms with van der Waals surface area (Å²) in [5.74, 6) is 0. The first kappa shape index (κ1) is 11.7. The van der Waals surface area contributed by atoms with E-state index in [4.69, 9.17) is 4.42 Å². The molecule has 0 N–H and O–H groups in total. The van der Waals surface area contributed by atoms with E-state index in [0.29, 0.717) is 23.0 Å². The van der Waals surface area contributed by atoms with E-state index in [1.807, 2.05) is 55.5 Å². The fraction of sp³-hybridized carbons (Fsp3) is 0.118. The average molecular weight is 250 g/mol. The van der Waals surface area contributed by atoms with Gasteiger partial charge in [-0.15, -0.1) is 0 Å². The summed E-state index contributed by atoms with van der Waals surface area (Å²) in [6.45, 7) is 1.97. The summed E-state index contributed by atoms with van der Waals surface area (Å²) >= 11 is 0. The Morgan fingerprint density at radius 3 is 2.63 bits per heavy atom. The molecular formula is C17H14O2. The number of hydrogen-bond donors (Lipinski definition) is 0. The summed E-state index contributed by atoms with van der Waals surface area (Å²) in [6.07, 6.45) is 2.18. The Labute approximate surface area is 111 Å². The van der Waals surface area contributed by atoms with Crippen LogP contribution in [0.25, 0.3) is 11.0 Å². The van der Waals surface area contributed by atoms with Crippen LogP contribution in [0.4, 0.5) is 0 Å². The average Bonchev–Trinajstić information content (AvgIpc) is 2.44. The largest absolute Gasteiger partial charge is 0.464 e. The van der Waals surface area contributed by atoms with Crippen LogP contribution in [0.2, 0.25) is 0 Å². The second kappa shape index (κ2) is 4.73. The minimum absolute atomic E-state index is 0.0637. The van der Waals surface area contributed by atoms with Crippen molar-refractivity contribution in [2.45, 2.75) is 13.3 Å². The first-order valence-electron chi connectivity index (χ1n) is 6.29. The zero-order valence-electron chi connectivity index (χ0n) is 10.7. The molecule has 0 atom stereocenters. The Morgan fingerprint density at radius 2 is 1.84 bits per heavy atom. The molecule has 0 amide bonds. The molecule has 19 heavy (non-hydrogen) atoms. The van der Waals surface area contributed by atoms with Crippen LogP contribution in [0.15, 0.2) is 64.0 Å². The van der Waals surface area contributed by atoms with Gasteiger partial charge in [0.15, 0.2) is 5.43 Å². The summed E-state index contributed by atoms with van der Waals surface area (Å²) in [4.78, 5) is 12.4. The molecule has 0 aliphatic carbocycles. The molecule has 0 aliphatic rings. The number of hydrogen-bond acceptors (Lipinski definition) is 2. The summed E-state index contributed by atoms with van der Waals surface area (Å²) in [5.41, 5.74) is 3.59. The third kappa shape index (κ3) is 2.29. The molecule has 0 unspecified atom stereocenters. The summed E-state index contributed by atoms with van der Waals surface area (Å²) in [5, 5.41) is 0.661. The topological polar surface area (TPSA) is 30.2 Å². The second-order valence-corrected chi connectivity index (χ2v) is 4.75. The zero-order chi connectivity index (χ0) is 13.2. The predicted molar refractivity (Wildman–Crippen MR) is 76.5 cm³/mol. The molecule has 94 valence electrons. The van der Waals surface area contributed by atoms with Gasteiger partial charge in [0.1, 0.15) is 5.58 Å². The van der Waals surface area contributed by atoms with Gasteiger partial charge in [-0.2, -0.15) is 0 Å². The van der Waals surface area contributed by atoms with Gasteiger partial charge in [0, 0.05) is 12.0 Å². The molecule has 0 bridgehead atoms. The minimum Gasteiger partial charge on any atom is -0.464 e. The lowest BCUT2D eigenvalue weighted by atomic mass is 10.0. The van der Waals surface area contributed by atoms with Crippen molar-refractivity contribution < 1.29 is 4.42 Å². The molecule has 2 heteroatoms. The first-order valence-corrected chi connectivity index (χ1v) is 6.29. The van der Waals surface area contributed by atoms with Gasteiger partial charge >= 0.3 is 0 Å². The third-order valence-electron chi connectivity index (χ3n) is 3.24. The van der Waals surface area contributed by atoms with Crippen LogP contribution in [0.3, 0.4) is 0 Å². The van der Waals surface area contributed by atoms with Gasteiger partial charge in [-0.3, -0.25) is 4.79 Å². The molecule has 0 saturated heterocycles. The normalized spacial score (nSPS) is 10.8. The molecule has 1 heterocycles. The van der Waals surface area contributed by atoms with Crippen molar-refractivity contribution in [1.82, 2.24) is 0 Å². The number of aryl methyl sites for hydroxylation is 1. The van der Waals surface area contributed by atoms with Crippen LogP contribution >= 0.6 is 0 Å². The van der Waals surface area contributed by atoms with Gasteiger partial charge < -0.3 is 4.42 Å². The monoisotopic (exact) mass is 250 g/mol. The molecular weight excluding hydrogens is 236 g/mol. The Bertz CT molecular complexity index is 770. The predicted octanol–water partition coefficient (Wildman–Crippen LogP) is 3.69. The standard InChI is InChI=1S/C17H14O2/c1-12-7-8-16-15(9-12)17(18)14(11-19-16)10-13-5-3-2-4-6-13/h2-9,11H,10H2,1H3. The van der Waals surface area contributed by atoms with Gasteiger partial charge in [0.05, 0.1) is 11.6 Å². The van der Waals surface area contributed by atoms with Crippen molar-refractivity contribution >= 4 is 11.0 Å². The van der Waals surface area contributed by atoms with Gasteiger partial charge in [0.25, 0.3) is 0 Å². The van der Waals surface area contributed by atoms with Crippen molar-refractivity contribution in [2.24, 2.45) is 0 Å². The first-order chi connectivity index (χ1) is 9.24. The highest BCUT2D eigenvalue weighted by atomic mass is 16.3. The van der Waals surface area contributed by atoms with E-state index in [0.717, 1.165) is 11.1 Å². The van der Waals surface area contributed by atoms with E-state index in [2.05, 4.69) is 0 Å². The SMILES string of the molecule is Cc1ccc2occ(Cc3ccccc3)c(=O)c2c1. The Morgan fingerprint density at radius 1 is 1.05 bits per heavy atom. The summed E-state index contributed by atoms with van der Waals surface area (Å²) in [7, 11) is 0. The van der Waals surface area contributed by atoms with Crippen molar-refractivity contribution in [3.63, 3.8) is 0 Å². The van der Waals surface area contributed by atoms with Crippen molar-refractivity contribution in [3.05, 3.63) is 81.7 Å². The second-order valence-electron chi connectivity index (χ2n) is 4.75. The summed E-state index contributed by atoms with van der Waals surface area (Å²) in [6, 6.07) is 15.6. The van der Waals surface area contributed by atoms with E-state index < -0.39 is 0 Å². The lowest BCUT2D eigenvalue weighted by Crippen LogP contribution is -2.09. The smallest absolute Gasteiger partial charge is 0.196 e. The van der Waals surface area contributed by atoms with Gasteiger partial charge in [-0.25, -0.2) is 0 Å². The van der Waals surface area contributed by atoms with Crippen LogP contribution in [0, 0.1) is 6.92 Å². The highest BCUT2D eigenvalue weighted by molar-refractivity contribution is 5.77. The van der Waals surface area contributed by atoms with Gasteiger partial charge in [0.2, 0.25) is 0 Å². The van der Waals surface area contributed by atoms with Crippen molar-refractivity contribution in [3.8, 4) is 0 Å². The fourth-order valence-electron chi connectivity index (χ4n) is 2.22. The molecule has 0 aliphatic heterocycles. The van der Waals surface area contributed by atoms with Crippen LogP contribution in [0.5, 0.6) is 0 Å².